The van der Waals surface area contributed by atoms with Crippen molar-refractivity contribution in [1.82, 2.24) is 0 Å². The Bertz CT molecular complexity index is 11.6. The number of rotatable bonds is 0. The molecule has 0 atom stereocenters. The summed E-state index contributed by atoms with van der Waals surface area (Å²) in [5.41, 5.74) is 0. The first kappa shape index (κ1) is 28.8. The van der Waals surface area contributed by atoms with Gasteiger partial charge in [-0.05, 0) is 0 Å². The summed E-state index contributed by atoms with van der Waals surface area (Å²) in [4.78, 5) is 0. The van der Waals surface area contributed by atoms with Gasteiger partial charge >= 0.3 is 0 Å². The Kier molecular flexibility index (Phi) is 229. The van der Waals surface area contributed by atoms with Crippen LogP contribution in [0, 0.1) is 0 Å². The topological polar surface area (TPSA) is 17.1 Å². The fourth-order valence-corrected chi connectivity index (χ4v) is 0. The van der Waals surface area contributed by atoms with Crippen LogP contribution in [0.5, 0.6) is 0 Å². The van der Waals surface area contributed by atoms with Gasteiger partial charge in [0.25, 0.3) is 0 Å². The van der Waals surface area contributed by atoms with Crippen LogP contribution in [0.3, 0.4) is 0 Å². The molecule has 5 heteroatoms. The molecule has 0 spiro atoms. The maximum Gasteiger partial charge on any atom is 0.187 e. The SMILES string of the molecule is O=P.[AlH3].[Fe].[Ti]. The first-order valence-electron chi connectivity index (χ1n) is 0.204. The molecule has 5 heavy (non-hydrogen) atoms. The van der Waals surface area contributed by atoms with E-state index in [1.54, 1.807) is 9.12 Å². The maximum atomic E-state index is 8.06. The van der Waals surface area contributed by atoms with Crippen molar-refractivity contribution in [2.75, 3.05) is 0 Å². The minimum atomic E-state index is 0. The van der Waals surface area contributed by atoms with Crippen molar-refractivity contribution in [3.05, 3.63) is 0 Å². The zero-order valence-corrected chi connectivity index (χ0v) is 5.43. The predicted molar refractivity (Wildman–Crippen MR) is 18.9 cm³/mol. The van der Waals surface area contributed by atoms with E-state index in [0.29, 0.717) is 0 Å². The third kappa shape index (κ3) is 25.2. The molecule has 0 aliphatic rings. The zero-order chi connectivity index (χ0) is 2.00. The summed E-state index contributed by atoms with van der Waals surface area (Å²) in [5.74, 6) is 0. The maximum absolute atomic E-state index is 8.06. The average molecular weight is 182 g/mol. The summed E-state index contributed by atoms with van der Waals surface area (Å²) >= 11 is 0. The average Bonchev–Trinajstić information content (AvgIpc) is 1.00. The van der Waals surface area contributed by atoms with Crippen LogP contribution >= 0.6 is 9.12 Å². The van der Waals surface area contributed by atoms with E-state index < -0.39 is 0 Å². The largest absolute Gasteiger partial charge is 0.279 e. The zero-order valence-electron chi connectivity index (χ0n) is 1.76. The minimum Gasteiger partial charge on any atom is -0.279 e. The second-order valence-electron chi connectivity index (χ2n) is 0. The minimum absolute atomic E-state index is 0. The van der Waals surface area contributed by atoms with E-state index in [9.17, 15) is 0 Å². The quantitative estimate of drug-likeness (QED) is 0.357. The third-order valence-electron chi connectivity index (χ3n) is 0. The van der Waals surface area contributed by atoms with Crippen LogP contribution in [0.1, 0.15) is 0 Å². The van der Waals surface area contributed by atoms with Crippen molar-refractivity contribution in [2.45, 2.75) is 0 Å². The second kappa shape index (κ2) is 39.9. The first-order chi connectivity index (χ1) is 1.00. The second-order valence-corrected chi connectivity index (χ2v) is 0. The molecule has 0 N–H and O–H groups in total. The third-order valence-corrected chi connectivity index (χ3v) is 0. The van der Waals surface area contributed by atoms with Crippen molar-refractivity contribution in [1.29, 1.82) is 0 Å². The molecule has 0 rings (SSSR count). The smallest absolute Gasteiger partial charge is 0.187 e. The van der Waals surface area contributed by atoms with Crippen molar-refractivity contribution >= 4 is 26.5 Å². The van der Waals surface area contributed by atoms with Gasteiger partial charge in [0.05, 0.1) is 0 Å². The van der Waals surface area contributed by atoms with Crippen LogP contribution in [0.15, 0.2) is 0 Å². The molecule has 0 radical (unpaired) electrons. The van der Waals surface area contributed by atoms with Gasteiger partial charge in [-0.2, -0.15) is 0 Å². The van der Waals surface area contributed by atoms with E-state index in [0.717, 1.165) is 0 Å². The van der Waals surface area contributed by atoms with Crippen molar-refractivity contribution < 1.29 is 43.4 Å². The van der Waals surface area contributed by atoms with E-state index in [2.05, 4.69) is 0 Å². The van der Waals surface area contributed by atoms with Crippen LogP contribution in [-0.4, -0.2) is 17.4 Å². The molecule has 0 bridgehead atoms. The van der Waals surface area contributed by atoms with Crippen LogP contribution in [-0.2, 0) is 43.4 Å². The van der Waals surface area contributed by atoms with E-state index >= 15 is 0 Å². The Labute approximate surface area is 69.4 Å². The van der Waals surface area contributed by atoms with Crippen LogP contribution in [0.2, 0.25) is 0 Å². The van der Waals surface area contributed by atoms with E-state index in [1.165, 1.54) is 0 Å². The van der Waals surface area contributed by atoms with E-state index in [-0.39, 0.29) is 56.1 Å². The Morgan fingerprint density at radius 2 is 1.20 bits per heavy atom. The molecule has 0 saturated heterocycles. The fraction of sp³-hybridized carbons (Fsp3) is 0. The molecule has 1 nitrogen and oxygen atoms in total. The van der Waals surface area contributed by atoms with Gasteiger partial charge in [-0.3, -0.25) is 4.57 Å². The van der Waals surface area contributed by atoms with Gasteiger partial charge in [0, 0.05) is 38.8 Å². The van der Waals surface area contributed by atoms with Gasteiger partial charge in [-0.25, -0.2) is 0 Å². The Morgan fingerprint density at radius 3 is 1.20 bits per heavy atom. The molecular formula is H4AlFeOPTi. The van der Waals surface area contributed by atoms with Gasteiger partial charge < -0.3 is 0 Å². The number of hydrogen-bond donors (Lipinski definition) is 0. The van der Waals surface area contributed by atoms with Crippen molar-refractivity contribution in [2.24, 2.45) is 0 Å². The molecular weight excluding hydrogens is 178 g/mol. The Morgan fingerprint density at radius 1 is 1.20 bits per heavy atom. The molecule has 0 aromatic rings. The van der Waals surface area contributed by atoms with Gasteiger partial charge in [0.15, 0.2) is 17.4 Å². The molecule has 0 unspecified atom stereocenters. The molecule has 0 aliphatic heterocycles. The van der Waals surface area contributed by atoms with Crippen molar-refractivity contribution in [3.63, 3.8) is 0 Å². The first-order valence-corrected chi connectivity index (χ1v) is 0.612. The normalized spacial score (nSPS) is 0.800. The summed E-state index contributed by atoms with van der Waals surface area (Å²) in [5, 5.41) is 0. The molecule has 0 amide bonds. The molecule has 0 aliphatic carbocycles. The van der Waals surface area contributed by atoms with Gasteiger partial charge in [-0.15, -0.1) is 0 Å². The summed E-state index contributed by atoms with van der Waals surface area (Å²) in [6.07, 6.45) is 0. The molecule has 0 heterocycles. The Balaban J connectivity index is -0.00000000167. The summed E-state index contributed by atoms with van der Waals surface area (Å²) in [6, 6.07) is 0. The molecule has 0 saturated carbocycles. The molecule has 0 aromatic heterocycles. The molecule has 0 fully saturated rings. The fourth-order valence-electron chi connectivity index (χ4n) is 0. The van der Waals surface area contributed by atoms with E-state index in [4.69, 9.17) is 4.57 Å². The van der Waals surface area contributed by atoms with Crippen LogP contribution < -0.4 is 0 Å². The van der Waals surface area contributed by atoms with E-state index in [1.807, 2.05) is 0 Å². The molecule has 0 aromatic carbocycles. The monoisotopic (exact) mass is 182 g/mol. The van der Waals surface area contributed by atoms with Crippen LogP contribution in [0.4, 0.5) is 0 Å². The van der Waals surface area contributed by atoms with Crippen molar-refractivity contribution in [3.8, 4) is 0 Å². The van der Waals surface area contributed by atoms with Crippen LogP contribution in [0.25, 0.3) is 0 Å². The summed E-state index contributed by atoms with van der Waals surface area (Å²) in [7, 11) is 1.72. The van der Waals surface area contributed by atoms with Gasteiger partial charge in [0.1, 0.15) is 9.12 Å². The predicted octanol–water partition coefficient (Wildman–Crippen LogP) is -0.714. The number of hydrogen-bond acceptors (Lipinski definition) is 1. The molecule has 30 valence electrons. The van der Waals surface area contributed by atoms with Gasteiger partial charge in [-0.1, -0.05) is 0 Å². The Hall–Kier alpha value is 1.87. The standard InChI is InChI=1S/Al.Fe.HOP.Ti.3H/c;;1-2;;;;/h;;2H;;;;. The summed E-state index contributed by atoms with van der Waals surface area (Å²) in [6.45, 7) is 0. The summed E-state index contributed by atoms with van der Waals surface area (Å²) < 4.78 is 8.06. The van der Waals surface area contributed by atoms with Gasteiger partial charge in [0.2, 0.25) is 0 Å².